The Bertz CT molecular complexity index is 438. The third-order valence-corrected chi connectivity index (χ3v) is 2.51. The van der Waals surface area contributed by atoms with E-state index >= 15 is 0 Å². The number of nitroso groups, excluding NO2 is 1. The highest BCUT2D eigenvalue weighted by atomic mass is 19.4. The van der Waals surface area contributed by atoms with Crippen molar-refractivity contribution in [2.75, 3.05) is 0 Å². The molecule has 0 aliphatic heterocycles. The van der Waals surface area contributed by atoms with Crippen molar-refractivity contribution < 1.29 is 13.2 Å². The zero-order valence-electron chi connectivity index (χ0n) is 10.0. The van der Waals surface area contributed by atoms with Gasteiger partial charge >= 0.3 is 6.18 Å². The fourth-order valence-electron chi connectivity index (χ4n) is 1.50. The van der Waals surface area contributed by atoms with Crippen molar-refractivity contribution in [1.82, 2.24) is 4.98 Å². The zero-order valence-corrected chi connectivity index (χ0v) is 10.0. The quantitative estimate of drug-likeness (QED) is 0.764. The molecule has 1 aromatic heterocycles. The van der Waals surface area contributed by atoms with Crippen LogP contribution in [0.15, 0.2) is 29.1 Å². The van der Waals surface area contributed by atoms with Crippen molar-refractivity contribution >= 4 is 6.08 Å². The number of rotatable bonds is 4. The second-order valence-electron chi connectivity index (χ2n) is 3.89. The molecule has 0 spiro atoms. The van der Waals surface area contributed by atoms with E-state index in [0.717, 1.165) is 12.3 Å². The molecule has 0 aromatic carbocycles. The highest BCUT2D eigenvalue weighted by Crippen LogP contribution is 2.27. The van der Waals surface area contributed by atoms with E-state index in [4.69, 9.17) is 0 Å². The molecule has 0 saturated heterocycles. The minimum Gasteiger partial charge on any atom is -0.251 e. The van der Waals surface area contributed by atoms with Gasteiger partial charge in [0, 0.05) is 6.20 Å². The lowest BCUT2D eigenvalue weighted by Gasteiger charge is -2.07. The number of hydrogen-bond acceptors (Lipinski definition) is 3. The molecule has 6 heteroatoms. The maximum Gasteiger partial charge on any atom is 0.433 e. The number of nitrogens with zero attached hydrogens (tertiary/aromatic N) is 2. The molecule has 0 fully saturated rings. The summed E-state index contributed by atoms with van der Waals surface area (Å²) in [4.78, 5) is 13.8. The van der Waals surface area contributed by atoms with Gasteiger partial charge in [0.2, 0.25) is 0 Å². The number of hydrogen-bond donors (Lipinski definition) is 0. The van der Waals surface area contributed by atoms with Crippen molar-refractivity contribution in [3.05, 3.63) is 40.1 Å². The lowest BCUT2D eigenvalue weighted by Crippen LogP contribution is -2.07. The predicted octanol–water partition coefficient (Wildman–Crippen LogP) is 4.05. The van der Waals surface area contributed by atoms with E-state index in [0.29, 0.717) is 17.6 Å². The van der Waals surface area contributed by atoms with E-state index in [-0.39, 0.29) is 0 Å². The van der Waals surface area contributed by atoms with E-state index < -0.39 is 17.9 Å². The Kier molecular flexibility index (Phi) is 4.58. The van der Waals surface area contributed by atoms with Gasteiger partial charge in [0.05, 0.1) is 0 Å². The smallest absolute Gasteiger partial charge is 0.251 e. The van der Waals surface area contributed by atoms with Crippen LogP contribution in [0.2, 0.25) is 0 Å². The zero-order chi connectivity index (χ0) is 13.8. The topological polar surface area (TPSA) is 42.3 Å². The molecule has 1 unspecified atom stereocenters. The first-order valence-electron chi connectivity index (χ1n) is 5.42. The molecule has 18 heavy (non-hydrogen) atoms. The van der Waals surface area contributed by atoms with E-state index in [9.17, 15) is 18.1 Å². The standard InChI is InChI=1S/C12H13F3N2O/c1-3-10(17-18)8(2)6-9-4-5-11(16-7-9)12(13,14)15/h4-7,10H,3H2,1-2H3/b8-6+. The molecule has 0 aliphatic carbocycles. The van der Waals surface area contributed by atoms with Gasteiger partial charge in [-0.2, -0.15) is 18.1 Å². The molecule has 3 nitrogen and oxygen atoms in total. The molecule has 0 N–H and O–H groups in total. The monoisotopic (exact) mass is 258 g/mol. The Balaban J connectivity index is 2.93. The van der Waals surface area contributed by atoms with Gasteiger partial charge in [-0.3, -0.25) is 4.98 Å². The molecular weight excluding hydrogens is 245 g/mol. The summed E-state index contributed by atoms with van der Waals surface area (Å²) < 4.78 is 36.9. The van der Waals surface area contributed by atoms with Crippen molar-refractivity contribution in [3.63, 3.8) is 0 Å². The molecule has 0 amide bonds. The van der Waals surface area contributed by atoms with Gasteiger partial charge < -0.3 is 0 Å². The molecule has 1 aromatic rings. The number of aromatic nitrogens is 1. The maximum absolute atomic E-state index is 12.3. The molecule has 1 rings (SSSR count). The Labute approximate surface area is 103 Å². The molecule has 0 saturated carbocycles. The Morgan fingerprint density at radius 2 is 2.17 bits per heavy atom. The van der Waals surface area contributed by atoms with Crippen LogP contribution in [0.3, 0.4) is 0 Å². The molecule has 0 radical (unpaired) electrons. The molecule has 0 bridgehead atoms. The van der Waals surface area contributed by atoms with E-state index in [1.54, 1.807) is 13.0 Å². The van der Waals surface area contributed by atoms with Crippen LogP contribution in [0, 0.1) is 4.91 Å². The van der Waals surface area contributed by atoms with E-state index in [1.807, 2.05) is 6.92 Å². The average Bonchev–Trinajstić information content (AvgIpc) is 2.30. The first kappa shape index (κ1) is 14.3. The summed E-state index contributed by atoms with van der Waals surface area (Å²) in [5.41, 5.74) is 0.287. The van der Waals surface area contributed by atoms with Crippen LogP contribution in [0.5, 0.6) is 0 Å². The Morgan fingerprint density at radius 1 is 1.50 bits per heavy atom. The van der Waals surface area contributed by atoms with E-state index in [2.05, 4.69) is 10.2 Å². The summed E-state index contributed by atoms with van der Waals surface area (Å²) in [7, 11) is 0. The lowest BCUT2D eigenvalue weighted by molar-refractivity contribution is -0.141. The van der Waals surface area contributed by atoms with Gasteiger partial charge in [-0.1, -0.05) is 24.2 Å². The largest absolute Gasteiger partial charge is 0.433 e. The average molecular weight is 258 g/mol. The first-order chi connectivity index (χ1) is 8.38. The van der Waals surface area contributed by atoms with Crippen LogP contribution >= 0.6 is 0 Å². The van der Waals surface area contributed by atoms with Crippen LogP contribution in [-0.4, -0.2) is 11.0 Å². The van der Waals surface area contributed by atoms with Crippen molar-refractivity contribution in [1.29, 1.82) is 0 Å². The van der Waals surface area contributed by atoms with Gasteiger partial charge in [-0.15, -0.1) is 0 Å². The SMILES string of the molecule is CCC(N=O)/C(C)=C/c1ccc(C(F)(F)F)nc1. The third kappa shape index (κ3) is 3.65. The molecular formula is C12H13F3N2O. The van der Waals surface area contributed by atoms with Crippen molar-refractivity contribution in [3.8, 4) is 0 Å². The fraction of sp³-hybridized carbons (Fsp3) is 0.417. The van der Waals surface area contributed by atoms with E-state index in [1.165, 1.54) is 6.07 Å². The predicted molar refractivity (Wildman–Crippen MR) is 62.8 cm³/mol. The highest BCUT2D eigenvalue weighted by Gasteiger charge is 2.31. The van der Waals surface area contributed by atoms with Crippen LogP contribution in [0.1, 0.15) is 31.5 Å². The second-order valence-corrected chi connectivity index (χ2v) is 3.89. The van der Waals surface area contributed by atoms with Crippen molar-refractivity contribution in [2.45, 2.75) is 32.5 Å². The molecule has 0 aliphatic rings. The van der Waals surface area contributed by atoms with Gasteiger partial charge in [0.25, 0.3) is 0 Å². The molecule has 1 atom stereocenters. The maximum atomic E-state index is 12.3. The fourth-order valence-corrected chi connectivity index (χ4v) is 1.50. The second kappa shape index (κ2) is 5.75. The number of alkyl halides is 3. The Morgan fingerprint density at radius 3 is 2.56 bits per heavy atom. The van der Waals surface area contributed by atoms with Crippen LogP contribution in [-0.2, 0) is 6.18 Å². The van der Waals surface area contributed by atoms with Gasteiger partial charge in [0.15, 0.2) is 0 Å². The summed E-state index contributed by atoms with van der Waals surface area (Å²) in [5, 5.41) is 2.94. The summed E-state index contributed by atoms with van der Waals surface area (Å²) in [6.45, 7) is 3.53. The van der Waals surface area contributed by atoms with Gasteiger partial charge in [-0.05, 0) is 30.5 Å². The number of pyridine rings is 1. The minimum absolute atomic E-state index is 0.452. The molecule has 1 heterocycles. The summed E-state index contributed by atoms with van der Waals surface area (Å²) in [6, 6.07) is 1.78. The minimum atomic E-state index is -4.44. The first-order valence-corrected chi connectivity index (χ1v) is 5.42. The molecule has 98 valence electrons. The van der Waals surface area contributed by atoms with Gasteiger partial charge in [0.1, 0.15) is 11.7 Å². The van der Waals surface area contributed by atoms with Crippen molar-refractivity contribution in [2.24, 2.45) is 5.18 Å². The summed E-state index contributed by atoms with van der Waals surface area (Å²) in [6.07, 6.45) is -1.14. The van der Waals surface area contributed by atoms with Crippen LogP contribution in [0.25, 0.3) is 6.08 Å². The van der Waals surface area contributed by atoms with Gasteiger partial charge in [-0.25, -0.2) is 0 Å². The normalized spacial score (nSPS) is 14.4. The van der Waals surface area contributed by atoms with Crippen LogP contribution < -0.4 is 0 Å². The highest BCUT2D eigenvalue weighted by molar-refractivity contribution is 5.52. The lowest BCUT2D eigenvalue weighted by atomic mass is 10.0. The van der Waals surface area contributed by atoms with Crippen LogP contribution in [0.4, 0.5) is 13.2 Å². The summed E-state index contributed by atoms with van der Waals surface area (Å²) >= 11 is 0. The summed E-state index contributed by atoms with van der Waals surface area (Å²) in [5.74, 6) is 0. The number of halogens is 3. The Hall–Kier alpha value is -1.72. The third-order valence-electron chi connectivity index (χ3n) is 2.51.